The van der Waals surface area contributed by atoms with E-state index in [1.165, 1.54) is 0 Å². The van der Waals surface area contributed by atoms with Gasteiger partial charge in [-0.15, -0.1) is 0 Å². The minimum Gasteiger partial charge on any atom is -0.493 e. The monoisotopic (exact) mass is 280 g/mol. The molecule has 1 amide bonds. The van der Waals surface area contributed by atoms with Crippen molar-refractivity contribution >= 4 is 5.91 Å². The van der Waals surface area contributed by atoms with Gasteiger partial charge in [-0.05, 0) is 24.1 Å². The number of methoxy groups -OCH3 is 2. The first-order chi connectivity index (χ1) is 9.63. The molecule has 2 rings (SSSR count). The number of ether oxygens (including phenoxy) is 2. The van der Waals surface area contributed by atoms with Gasteiger partial charge in [-0.2, -0.15) is 0 Å². The predicted octanol–water partition coefficient (Wildman–Crippen LogP) is 0.0428. The Balaban J connectivity index is 1.92. The lowest BCUT2D eigenvalue weighted by atomic mass is 10.1. The Labute approximate surface area is 118 Å². The van der Waals surface area contributed by atoms with Crippen LogP contribution < -0.4 is 20.1 Å². The fraction of sp³-hybridized carbons (Fsp3) is 0.500. The molecule has 1 heterocycles. The van der Waals surface area contributed by atoms with Crippen LogP contribution in [0.25, 0.3) is 0 Å². The number of aliphatic hydroxyl groups is 1. The van der Waals surface area contributed by atoms with E-state index in [2.05, 4.69) is 10.6 Å². The number of aliphatic hydroxyl groups excluding tert-OH is 1. The third kappa shape index (κ3) is 3.40. The van der Waals surface area contributed by atoms with Gasteiger partial charge in [-0.3, -0.25) is 4.79 Å². The van der Waals surface area contributed by atoms with Crippen LogP contribution in [-0.2, 0) is 11.3 Å². The molecule has 1 aromatic carbocycles. The number of β-amino-alcohol motifs (C(OH)–C–C–N with tert-alkyl or cyclic N) is 1. The van der Waals surface area contributed by atoms with E-state index in [0.717, 1.165) is 5.56 Å². The molecule has 0 bridgehead atoms. The second kappa shape index (κ2) is 6.58. The van der Waals surface area contributed by atoms with Crippen molar-refractivity contribution < 1.29 is 19.4 Å². The van der Waals surface area contributed by atoms with Crippen LogP contribution in [0.1, 0.15) is 12.0 Å². The van der Waals surface area contributed by atoms with E-state index in [0.29, 0.717) is 31.0 Å². The van der Waals surface area contributed by atoms with Gasteiger partial charge < -0.3 is 25.2 Å². The molecule has 3 N–H and O–H groups in total. The number of nitrogens with one attached hydrogen (secondary N) is 2. The standard InChI is InChI=1S/C14H20N2O4/c1-19-12-4-3-9(5-13(12)20-2)7-16-14(18)11-6-10(17)8-15-11/h3-5,10-11,15,17H,6-8H2,1-2H3,(H,16,18)/t10-,11-/m0/s1. The number of carbonyl (C=O) groups is 1. The maximum atomic E-state index is 11.9. The number of hydrogen-bond donors (Lipinski definition) is 3. The Kier molecular flexibility index (Phi) is 4.81. The van der Waals surface area contributed by atoms with E-state index >= 15 is 0 Å². The van der Waals surface area contributed by atoms with Gasteiger partial charge in [-0.25, -0.2) is 0 Å². The van der Waals surface area contributed by atoms with E-state index in [-0.39, 0.29) is 11.9 Å². The molecular formula is C14H20N2O4. The van der Waals surface area contributed by atoms with Crippen molar-refractivity contribution in [3.8, 4) is 11.5 Å². The zero-order valence-corrected chi connectivity index (χ0v) is 11.7. The second-order valence-electron chi connectivity index (χ2n) is 4.76. The minimum absolute atomic E-state index is 0.101. The quantitative estimate of drug-likeness (QED) is 0.710. The average Bonchev–Trinajstić information content (AvgIpc) is 2.91. The van der Waals surface area contributed by atoms with Crippen LogP contribution in [0.15, 0.2) is 18.2 Å². The van der Waals surface area contributed by atoms with Crippen molar-refractivity contribution in [2.45, 2.75) is 25.1 Å². The molecule has 6 heteroatoms. The first-order valence-electron chi connectivity index (χ1n) is 6.54. The molecule has 0 saturated carbocycles. The van der Waals surface area contributed by atoms with Gasteiger partial charge in [-0.1, -0.05) is 6.07 Å². The summed E-state index contributed by atoms with van der Waals surface area (Å²) < 4.78 is 10.4. The SMILES string of the molecule is COc1ccc(CNC(=O)[C@@H]2C[C@H](O)CN2)cc1OC. The van der Waals surface area contributed by atoms with Crippen LogP contribution in [0.5, 0.6) is 11.5 Å². The average molecular weight is 280 g/mol. The Morgan fingerprint density at radius 2 is 2.15 bits per heavy atom. The first kappa shape index (κ1) is 14.6. The van der Waals surface area contributed by atoms with Crippen molar-refractivity contribution in [1.29, 1.82) is 0 Å². The topological polar surface area (TPSA) is 79.8 Å². The lowest BCUT2D eigenvalue weighted by molar-refractivity contribution is -0.123. The molecule has 1 fully saturated rings. The molecule has 110 valence electrons. The summed E-state index contributed by atoms with van der Waals surface area (Å²) in [5.74, 6) is 1.19. The Morgan fingerprint density at radius 1 is 1.40 bits per heavy atom. The largest absolute Gasteiger partial charge is 0.493 e. The lowest BCUT2D eigenvalue weighted by Gasteiger charge is -2.13. The highest BCUT2D eigenvalue weighted by atomic mass is 16.5. The fourth-order valence-corrected chi connectivity index (χ4v) is 2.22. The Morgan fingerprint density at radius 3 is 2.75 bits per heavy atom. The van der Waals surface area contributed by atoms with Crippen LogP contribution >= 0.6 is 0 Å². The zero-order valence-electron chi connectivity index (χ0n) is 11.7. The third-order valence-electron chi connectivity index (χ3n) is 3.34. The number of rotatable bonds is 5. The highest BCUT2D eigenvalue weighted by Gasteiger charge is 2.27. The van der Waals surface area contributed by atoms with Crippen LogP contribution in [0, 0.1) is 0 Å². The van der Waals surface area contributed by atoms with Gasteiger partial charge in [0.05, 0.1) is 26.4 Å². The summed E-state index contributed by atoms with van der Waals surface area (Å²) in [5.41, 5.74) is 0.926. The van der Waals surface area contributed by atoms with Crippen LogP contribution in [0.4, 0.5) is 0 Å². The molecule has 20 heavy (non-hydrogen) atoms. The summed E-state index contributed by atoms with van der Waals surface area (Å²) in [4.78, 5) is 11.9. The van der Waals surface area contributed by atoms with Gasteiger partial charge in [0.2, 0.25) is 5.91 Å². The number of benzene rings is 1. The van der Waals surface area contributed by atoms with E-state index in [1.807, 2.05) is 12.1 Å². The van der Waals surface area contributed by atoms with Gasteiger partial charge in [0.1, 0.15) is 0 Å². The number of amides is 1. The molecular weight excluding hydrogens is 260 g/mol. The van der Waals surface area contributed by atoms with E-state index in [4.69, 9.17) is 9.47 Å². The zero-order chi connectivity index (χ0) is 14.5. The van der Waals surface area contributed by atoms with E-state index in [1.54, 1.807) is 20.3 Å². The molecule has 2 atom stereocenters. The summed E-state index contributed by atoms with van der Waals surface area (Å²) in [6, 6.07) is 5.19. The molecule has 0 aliphatic carbocycles. The molecule has 6 nitrogen and oxygen atoms in total. The number of hydrogen-bond acceptors (Lipinski definition) is 5. The lowest BCUT2D eigenvalue weighted by Crippen LogP contribution is -2.39. The first-order valence-corrected chi connectivity index (χ1v) is 6.54. The maximum Gasteiger partial charge on any atom is 0.237 e. The molecule has 0 spiro atoms. The van der Waals surface area contributed by atoms with Gasteiger partial charge in [0, 0.05) is 13.1 Å². The Bertz CT molecular complexity index is 478. The Hall–Kier alpha value is -1.79. The fourth-order valence-electron chi connectivity index (χ4n) is 2.22. The van der Waals surface area contributed by atoms with Crippen LogP contribution in [0.3, 0.4) is 0 Å². The highest BCUT2D eigenvalue weighted by molar-refractivity contribution is 5.82. The predicted molar refractivity (Wildman–Crippen MR) is 73.8 cm³/mol. The summed E-state index contributed by atoms with van der Waals surface area (Å²) >= 11 is 0. The van der Waals surface area contributed by atoms with Crippen molar-refractivity contribution in [3.63, 3.8) is 0 Å². The van der Waals surface area contributed by atoms with E-state index in [9.17, 15) is 9.90 Å². The number of carbonyl (C=O) groups excluding carboxylic acids is 1. The van der Waals surface area contributed by atoms with Gasteiger partial charge >= 0.3 is 0 Å². The molecule has 1 aromatic rings. The molecule has 1 aliphatic heterocycles. The molecule has 1 saturated heterocycles. The molecule has 0 unspecified atom stereocenters. The van der Waals surface area contributed by atoms with Crippen molar-refractivity contribution in [3.05, 3.63) is 23.8 Å². The smallest absolute Gasteiger partial charge is 0.237 e. The maximum absolute atomic E-state index is 11.9. The van der Waals surface area contributed by atoms with Crippen LogP contribution in [-0.4, -0.2) is 43.9 Å². The molecule has 0 aromatic heterocycles. The highest BCUT2D eigenvalue weighted by Crippen LogP contribution is 2.27. The van der Waals surface area contributed by atoms with Crippen molar-refractivity contribution in [1.82, 2.24) is 10.6 Å². The van der Waals surface area contributed by atoms with E-state index < -0.39 is 6.10 Å². The molecule has 0 radical (unpaired) electrons. The van der Waals surface area contributed by atoms with Gasteiger partial charge in [0.15, 0.2) is 11.5 Å². The van der Waals surface area contributed by atoms with Crippen LogP contribution in [0.2, 0.25) is 0 Å². The molecule has 1 aliphatic rings. The third-order valence-corrected chi connectivity index (χ3v) is 3.34. The normalized spacial score (nSPS) is 21.6. The minimum atomic E-state index is -0.438. The van der Waals surface area contributed by atoms with Crippen molar-refractivity contribution in [2.75, 3.05) is 20.8 Å². The summed E-state index contributed by atoms with van der Waals surface area (Å²) in [7, 11) is 3.15. The van der Waals surface area contributed by atoms with Gasteiger partial charge in [0.25, 0.3) is 0 Å². The van der Waals surface area contributed by atoms with Crippen molar-refractivity contribution in [2.24, 2.45) is 0 Å². The second-order valence-corrected chi connectivity index (χ2v) is 4.76. The summed E-state index contributed by atoms with van der Waals surface area (Å²) in [6.07, 6.45) is 0.0180. The summed E-state index contributed by atoms with van der Waals surface area (Å²) in [5, 5.41) is 15.2. The summed E-state index contributed by atoms with van der Waals surface area (Å²) in [6.45, 7) is 0.877.